The summed E-state index contributed by atoms with van der Waals surface area (Å²) in [6.07, 6.45) is 4.29. The van der Waals surface area contributed by atoms with E-state index in [1.54, 1.807) is 18.5 Å². The molecule has 3 heterocycles. The Morgan fingerprint density at radius 3 is 2.60 bits per heavy atom. The molecule has 0 unspecified atom stereocenters. The van der Waals surface area contributed by atoms with Gasteiger partial charge in [0.25, 0.3) is 5.56 Å². The summed E-state index contributed by atoms with van der Waals surface area (Å²) in [7, 11) is 0. The molecule has 0 saturated heterocycles. The van der Waals surface area contributed by atoms with E-state index < -0.39 is 17.9 Å². The molecular weight excluding hydrogens is 466 g/mol. The average molecular weight is 498 g/mol. The Labute approximate surface area is 208 Å². The third-order valence-corrected chi connectivity index (χ3v) is 7.41. The minimum absolute atomic E-state index is 0.254. The molecule has 0 saturated carbocycles. The molecule has 10 heteroatoms. The standard InChI is InChI=1S/C25H31N5O4S/c1-6-17-13-20(31)29(25(26-17)30-15(4)12-14(3)28-30)16(5)22(32)27-23-21(24(33)34-7-2)18-10-8-9-11-19(18)35-23/h12-13,16H,6-11H2,1-5H3,(H,27,32)/t16-/m0/s1. The topological polar surface area (TPSA) is 108 Å². The Balaban J connectivity index is 1.74. The molecule has 3 aromatic rings. The number of rotatable bonds is 7. The highest BCUT2D eigenvalue weighted by molar-refractivity contribution is 7.17. The monoisotopic (exact) mass is 497 g/mol. The molecule has 3 aromatic heterocycles. The van der Waals surface area contributed by atoms with Gasteiger partial charge in [0.05, 0.1) is 17.9 Å². The molecular formula is C25H31N5O4S. The van der Waals surface area contributed by atoms with E-state index in [0.717, 1.165) is 47.5 Å². The van der Waals surface area contributed by atoms with Gasteiger partial charge in [-0.15, -0.1) is 11.3 Å². The van der Waals surface area contributed by atoms with Crippen molar-refractivity contribution in [1.82, 2.24) is 19.3 Å². The Kier molecular flexibility index (Phi) is 7.20. The van der Waals surface area contributed by atoms with Crippen LogP contribution < -0.4 is 10.9 Å². The van der Waals surface area contributed by atoms with Gasteiger partial charge in [0, 0.05) is 22.3 Å². The molecule has 1 N–H and O–H groups in total. The molecule has 4 rings (SSSR count). The van der Waals surface area contributed by atoms with E-state index in [1.807, 2.05) is 26.8 Å². The van der Waals surface area contributed by atoms with Crippen LogP contribution in [0.3, 0.4) is 0 Å². The van der Waals surface area contributed by atoms with Crippen LogP contribution in [0.15, 0.2) is 16.9 Å². The number of fused-ring (bicyclic) bond motifs is 1. The first kappa shape index (κ1) is 24.8. The summed E-state index contributed by atoms with van der Waals surface area (Å²) in [6, 6.07) is 2.45. The number of aryl methyl sites for hydroxylation is 4. The van der Waals surface area contributed by atoms with Crippen LogP contribution in [0.2, 0.25) is 0 Å². The van der Waals surface area contributed by atoms with E-state index in [9.17, 15) is 14.4 Å². The third-order valence-electron chi connectivity index (χ3n) is 6.20. The van der Waals surface area contributed by atoms with Crippen molar-refractivity contribution in [3.05, 3.63) is 55.6 Å². The maximum atomic E-state index is 13.5. The fourth-order valence-corrected chi connectivity index (χ4v) is 5.74. The lowest BCUT2D eigenvalue weighted by Crippen LogP contribution is -2.35. The van der Waals surface area contributed by atoms with Gasteiger partial charge in [0.1, 0.15) is 11.0 Å². The van der Waals surface area contributed by atoms with E-state index in [0.29, 0.717) is 28.6 Å². The molecule has 0 fully saturated rings. The van der Waals surface area contributed by atoms with Gasteiger partial charge >= 0.3 is 5.97 Å². The van der Waals surface area contributed by atoms with Crippen molar-refractivity contribution in [2.75, 3.05) is 11.9 Å². The molecule has 9 nitrogen and oxygen atoms in total. The predicted octanol–water partition coefficient (Wildman–Crippen LogP) is 3.92. The number of anilines is 1. The summed E-state index contributed by atoms with van der Waals surface area (Å²) in [5, 5.41) is 7.89. The predicted molar refractivity (Wildman–Crippen MR) is 135 cm³/mol. The fraction of sp³-hybridized carbons (Fsp3) is 0.480. The fourth-order valence-electron chi connectivity index (χ4n) is 4.46. The van der Waals surface area contributed by atoms with Crippen LogP contribution in [-0.2, 0) is 28.8 Å². The van der Waals surface area contributed by atoms with Crippen molar-refractivity contribution >= 4 is 28.2 Å². The molecule has 0 radical (unpaired) electrons. The second-order valence-electron chi connectivity index (χ2n) is 8.75. The van der Waals surface area contributed by atoms with E-state index >= 15 is 0 Å². The van der Waals surface area contributed by atoms with Gasteiger partial charge in [0.15, 0.2) is 0 Å². The normalized spacial score (nSPS) is 13.9. The maximum Gasteiger partial charge on any atom is 0.341 e. The first-order valence-electron chi connectivity index (χ1n) is 12.0. The molecule has 1 aliphatic rings. The number of esters is 1. The smallest absolute Gasteiger partial charge is 0.341 e. The van der Waals surface area contributed by atoms with E-state index in [2.05, 4.69) is 15.4 Å². The number of thiophene rings is 1. The molecule has 0 aromatic carbocycles. The van der Waals surface area contributed by atoms with Gasteiger partial charge in [-0.25, -0.2) is 14.5 Å². The lowest BCUT2D eigenvalue weighted by molar-refractivity contribution is -0.118. The van der Waals surface area contributed by atoms with Crippen LogP contribution >= 0.6 is 11.3 Å². The van der Waals surface area contributed by atoms with E-state index in [-0.39, 0.29) is 12.2 Å². The zero-order valence-electron chi connectivity index (χ0n) is 20.8. The number of nitrogens with one attached hydrogen (secondary N) is 1. The number of nitrogens with zero attached hydrogens (tertiary/aromatic N) is 4. The summed E-state index contributed by atoms with van der Waals surface area (Å²) >= 11 is 1.42. The number of carbonyl (C=O) groups is 2. The van der Waals surface area contributed by atoms with Gasteiger partial charge in [-0.2, -0.15) is 5.10 Å². The second kappa shape index (κ2) is 10.2. The van der Waals surface area contributed by atoms with Gasteiger partial charge in [0.2, 0.25) is 11.9 Å². The highest BCUT2D eigenvalue weighted by Crippen LogP contribution is 2.39. The minimum atomic E-state index is -0.894. The van der Waals surface area contributed by atoms with Gasteiger partial charge < -0.3 is 10.1 Å². The third kappa shape index (κ3) is 4.80. The van der Waals surface area contributed by atoms with Crippen molar-refractivity contribution in [2.24, 2.45) is 0 Å². The minimum Gasteiger partial charge on any atom is -0.462 e. The highest BCUT2D eigenvalue weighted by Gasteiger charge is 2.29. The van der Waals surface area contributed by atoms with Crippen LogP contribution in [0.4, 0.5) is 5.00 Å². The number of aromatic nitrogens is 4. The summed E-state index contributed by atoms with van der Waals surface area (Å²) in [4.78, 5) is 45.2. The van der Waals surface area contributed by atoms with Crippen LogP contribution in [0.1, 0.15) is 77.5 Å². The number of carbonyl (C=O) groups excluding carboxylic acids is 2. The first-order chi connectivity index (χ1) is 16.7. The molecule has 186 valence electrons. The van der Waals surface area contributed by atoms with Crippen molar-refractivity contribution < 1.29 is 14.3 Å². The zero-order chi connectivity index (χ0) is 25.3. The van der Waals surface area contributed by atoms with E-state index in [4.69, 9.17) is 4.74 Å². The van der Waals surface area contributed by atoms with Crippen molar-refractivity contribution in [1.29, 1.82) is 0 Å². The van der Waals surface area contributed by atoms with Gasteiger partial charge in [-0.05, 0) is 71.4 Å². The van der Waals surface area contributed by atoms with Crippen LogP contribution in [0, 0.1) is 13.8 Å². The van der Waals surface area contributed by atoms with Crippen LogP contribution in [0.25, 0.3) is 5.95 Å². The highest BCUT2D eigenvalue weighted by atomic mass is 32.1. The Bertz CT molecular complexity index is 1340. The lowest BCUT2D eigenvalue weighted by atomic mass is 9.95. The van der Waals surface area contributed by atoms with Crippen molar-refractivity contribution in [3.63, 3.8) is 0 Å². The largest absolute Gasteiger partial charge is 0.462 e. The molecule has 35 heavy (non-hydrogen) atoms. The Morgan fingerprint density at radius 2 is 1.94 bits per heavy atom. The summed E-state index contributed by atoms with van der Waals surface area (Å²) < 4.78 is 8.24. The molecule has 0 bridgehead atoms. The molecule has 1 aliphatic carbocycles. The quantitative estimate of drug-likeness (QED) is 0.496. The molecule has 0 spiro atoms. The second-order valence-corrected chi connectivity index (χ2v) is 9.85. The van der Waals surface area contributed by atoms with Crippen molar-refractivity contribution in [3.8, 4) is 5.95 Å². The van der Waals surface area contributed by atoms with Crippen molar-refractivity contribution in [2.45, 2.75) is 72.8 Å². The van der Waals surface area contributed by atoms with Crippen LogP contribution in [0.5, 0.6) is 0 Å². The van der Waals surface area contributed by atoms with E-state index in [1.165, 1.54) is 22.0 Å². The van der Waals surface area contributed by atoms with Gasteiger partial charge in [-0.1, -0.05) is 6.92 Å². The summed E-state index contributed by atoms with van der Waals surface area (Å²) in [5.74, 6) is -0.548. The number of ether oxygens (including phenoxy) is 1. The maximum absolute atomic E-state index is 13.5. The molecule has 1 amide bonds. The zero-order valence-corrected chi connectivity index (χ0v) is 21.6. The first-order valence-corrected chi connectivity index (χ1v) is 12.8. The van der Waals surface area contributed by atoms with Crippen LogP contribution in [-0.4, -0.2) is 37.8 Å². The summed E-state index contributed by atoms with van der Waals surface area (Å²) in [5.41, 5.74) is 3.29. The number of hydrogen-bond acceptors (Lipinski definition) is 7. The molecule has 1 atom stereocenters. The molecule has 0 aliphatic heterocycles. The Hall–Kier alpha value is -3.27. The van der Waals surface area contributed by atoms with Gasteiger partial charge in [-0.3, -0.25) is 14.2 Å². The number of hydrogen-bond donors (Lipinski definition) is 1. The SMILES string of the molecule is CCOC(=O)c1c(NC(=O)[C@H](C)n2c(-n3nc(C)cc3C)nc(CC)cc2=O)sc2c1CCCC2. The summed E-state index contributed by atoms with van der Waals surface area (Å²) in [6.45, 7) is 9.32. The Morgan fingerprint density at radius 1 is 1.20 bits per heavy atom. The number of amides is 1. The average Bonchev–Trinajstić information content (AvgIpc) is 3.36. The lowest BCUT2D eigenvalue weighted by Gasteiger charge is -2.20.